The fourth-order valence-corrected chi connectivity index (χ4v) is 16.5. The number of carbonyl (C=O) groups is 4. The van der Waals surface area contributed by atoms with E-state index in [1.165, 1.54) is 19.1 Å². The number of hydrogen-bond donors (Lipinski definition) is 11. The van der Waals surface area contributed by atoms with Crippen LogP contribution < -0.4 is 31.6 Å². The number of ether oxygens (including phenoxy) is 4. The Morgan fingerprint density at radius 1 is 0.955 bits per heavy atom. The summed E-state index contributed by atoms with van der Waals surface area (Å²) in [5, 5.41) is 91.7. The molecule has 89 heavy (non-hydrogen) atoms. The van der Waals surface area contributed by atoms with Crippen molar-refractivity contribution in [2.24, 2.45) is 34.2 Å². The molecule has 0 radical (unpaired) electrons. The van der Waals surface area contributed by atoms with Crippen LogP contribution in [0.2, 0.25) is 0 Å². The topological polar surface area (TPSA) is 335 Å². The van der Waals surface area contributed by atoms with Gasteiger partial charge < -0.3 is 76.8 Å². The number of aromatic hydroxyl groups is 1. The van der Waals surface area contributed by atoms with Crippen LogP contribution in [-0.4, -0.2) is 140 Å². The molecule has 472 valence electrons. The Labute approximate surface area is 517 Å². The summed E-state index contributed by atoms with van der Waals surface area (Å²) in [5.41, 5.74) is 12.6. The highest BCUT2D eigenvalue weighted by Gasteiger charge is 2.58. The Hall–Kier alpha value is -6.87. The summed E-state index contributed by atoms with van der Waals surface area (Å²) in [5.74, 6) is -0.420. The van der Waals surface area contributed by atoms with Gasteiger partial charge in [0.1, 0.15) is 23.4 Å². The van der Waals surface area contributed by atoms with Crippen LogP contribution >= 0.6 is 0 Å². The number of phenolic OH excluding ortho intramolecular Hbond substituents is 1. The number of carbonyl (C=O) groups excluding carboxylic acids is 4. The molecule has 2 heterocycles. The fraction of sp³-hybridized carbons (Fsp3) is 0.522. The maximum atomic E-state index is 16.3. The van der Waals surface area contributed by atoms with Gasteiger partial charge in [0, 0.05) is 64.2 Å². The van der Waals surface area contributed by atoms with Crippen LogP contribution in [0.4, 0.5) is 0 Å². The second-order valence-corrected chi connectivity index (χ2v) is 26.3. The Bertz CT molecular complexity index is 3620. The second-order valence-electron chi connectivity index (χ2n) is 26.3. The molecule has 20 nitrogen and oxygen atoms in total. The predicted octanol–water partition coefficient (Wildman–Crippen LogP) is 4.99. The molecular formula is C69H81N5O15. The normalized spacial score (nSPS) is 29.9. The smallest absolute Gasteiger partial charge is 0.308 e. The van der Waals surface area contributed by atoms with Crippen molar-refractivity contribution in [1.82, 2.24) is 10.6 Å². The van der Waals surface area contributed by atoms with Crippen molar-refractivity contribution in [3.8, 4) is 29.1 Å². The van der Waals surface area contributed by atoms with Crippen molar-refractivity contribution in [3.63, 3.8) is 0 Å². The van der Waals surface area contributed by atoms with E-state index in [-0.39, 0.29) is 111 Å². The average molecular weight is 1220 g/mol. The van der Waals surface area contributed by atoms with Crippen LogP contribution in [0.15, 0.2) is 47.5 Å². The molecule has 12 rings (SSSR count). The van der Waals surface area contributed by atoms with Crippen molar-refractivity contribution in [3.05, 3.63) is 120 Å². The van der Waals surface area contributed by atoms with Gasteiger partial charge in [-0.25, -0.2) is 4.99 Å². The highest BCUT2D eigenvalue weighted by Crippen LogP contribution is 2.61. The number of aliphatic hydroxyl groups is 6. The molecule has 8 aliphatic rings. The number of phenols is 1. The Morgan fingerprint density at radius 3 is 2.49 bits per heavy atom. The van der Waals surface area contributed by atoms with E-state index in [2.05, 4.69) is 27.5 Å². The number of hydrogen-bond acceptors (Lipinski definition) is 20. The van der Waals surface area contributed by atoms with Crippen molar-refractivity contribution < 1.29 is 73.9 Å². The fourth-order valence-electron chi connectivity index (χ4n) is 16.5. The number of benzene rings is 4. The van der Waals surface area contributed by atoms with Gasteiger partial charge in [0.2, 0.25) is 12.1 Å². The Kier molecular flexibility index (Phi) is 17.3. The molecular weight excluding hydrogens is 1140 g/mol. The quantitative estimate of drug-likeness (QED) is 0.0258. The van der Waals surface area contributed by atoms with Crippen LogP contribution in [-0.2, 0) is 45.7 Å². The molecule has 1 spiro atoms. The summed E-state index contributed by atoms with van der Waals surface area (Å²) < 4.78 is 25.7. The maximum Gasteiger partial charge on any atom is 0.308 e. The summed E-state index contributed by atoms with van der Waals surface area (Å²) in [6, 6.07) is 10.8. The summed E-state index contributed by atoms with van der Waals surface area (Å²) in [6.07, 6.45) is 4.65. The maximum absolute atomic E-state index is 16.3. The number of guanidine groups is 1. The van der Waals surface area contributed by atoms with Crippen LogP contribution in [0.5, 0.6) is 17.2 Å². The van der Waals surface area contributed by atoms with Gasteiger partial charge in [-0.15, -0.1) is 0 Å². The van der Waals surface area contributed by atoms with Crippen LogP contribution in [0.3, 0.4) is 0 Å². The van der Waals surface area contributed by atoms with E-state index >= 15 is 9.59 Å². The standard InChI is InChI=1S/C69H81N5O15/c1-35-63(82)69(84,85)64(86-34-45-30-67(74-66(71)73-45)21-5-4-6-22-67)65(87-35)89-62-49-12-8-11-44(70)17-18-46(78)25-38-10-7-9-37(23-38)13-19-48-53(88-36(2)77)28-43(32-75)54-55(48)61(81)56(49)57(60(54)80)59(79)50(62)26-40-16-20-47-41-14-15-42-24-39(31-72-3)29-68(83,52(42)27-41)58(47)51(40)33-76/h7,9-10,13,16,19-20,23,28,33,35,39,41-42,44-46,52,63-65,72,75,78-79,82-85H,4-6,12,14-15,17-18,21-22,24-27,29-32,34,70H2,1-3H3,(H3,71,73,74). The first-order valence-corrected chi connectivity index (χ1v) is 31.5. The first-order chi connectivity index (χ1) is 42.6. The Balaban J connectivity index is 1.09. The van der Waals surface area contributed by atoms with Crippen molar-refractivity contribution >= 4 is 41.9 Å². The molecule has 12 unspecified atom stereocenters. The number of nitrogens with one attached hydrogen (secondary N) is 2. The molecule has 20 heteroatoms. The third kappa shape index (κ3) is 11.5. The number of fused-ring (bicyclic) bond motifs is 6. The largest absolute Gasteiger partial charge is 0.507 e. The van der Waals surface area contributed by atoms with Crippen molar-refractivity contribution in [1.29, 1.82) is 0 Å². The van der Waals surface area contributed by atoms with Gasteiger partial charge >= 0.3 is 5.97 Å². The molecule has 1 saturated heterocycles. The van der Waals surface area contributed by atoms with Crippen molar-refractivity contribution in [2.45, 2.75) is 189 Å². The van der Waals surface area contributed by atoms with Gasteiger partial charge in [-0.1, -0.05) is 73.6 Å². The van der Waals surface area contributed by atoms with Crippen LogP contribution in [0.25, 0.3) is 12.2 Å². The highest BCUT2D eigenvalue weighted by molar-refractivity contribution is 6.32. The lowest BCUT2D eigenvalue weighted by Gasteiger charge is -2.56. The van der Waals surface area contributed by atoms with E-state index in [4.69, 9.17) is 30.4 Å². The summed E-state index contributed by atoms with van der Waals surface area (Å²) in [4.78, 5) is 63.9. The molecule has 6 aliphatic carbocycles. The zero-order chi connectivity index (χ0) is 62.8. The van der Waals surface area contributed by atoms with Crippen LogP contribution in [0, 0.1) is 29.6 Å². The van der Waals surface area contributed by atoms with E-state index in [0.717, 1.165) is 75.8 Å². The van der Waals surface area contributed by atoms with Gasteiger partial charge in [0.25, 0.3) is 0 Å². The number of rotatable bonds is 12. The molecule has 3 saturated carbocycles. The van der Waals surface area contributed by atoms with E-state index in [9.17, 15) is 45.3 Å². The minimum absolute atomic E-state index is 0.0317. The van der Waals surface area contributed by atoms with E-state index in [1.807, 2.05) is 25.2 Å². The highest BCUT2D eigenvalue weighted by atomic mass is 16.7. The first kappa shape index (κ1) is 62.3. The summed E-state index contributed by atoms with van der Waals surface area (Å²) >= 11 is 0. The second kappa shape index (κ2) is 24.7. The average Bonchev–Trinajstić information content (AvgIpc) is 0.721. The molecule has 13 N–H and O–H groups in total. The number of esters is 1. The monoisotopic (exact) mass is 1220 g/mol. The molecule has 2 aliphatic heterocycles. The number of aliphatic hydroxyl groups excluding tert-OH is 3. The lowest BCUT2D eigenvalue weighted by atomic mass is 9.51. The molecule has 12 atom stereocenters. The number of nitrogens with two attached hydrogens (primary N) is 2. The van der Waals surface area contributed by atoms with Gasteiger partial charge in [0.15, 0.2) is 29.9 Å². The molecule has 6 bridgehead atoms. The van der Waals surface area contributed by atoms with E-state index < -0.39 is 108 Å². The molecule has 0 aromatic heterocycles. The lowest BCUT2D eigenvalue weighted by Crippen LogP contribution is -2.68. The molecule has 4 aromatic rings. The van der Waals surface area contributed by atoms with E-state index in [0.29, 0.717) is 42.4 Å². The summed E-state index contributed by atoms with van der Waals surface area (Å²) in [7, 11) is 1.88. The van der Waals surface area contributed by atoms with Gasteiger partial charge in [-0.05, 0) is 160 Å². The predicted molar refractivity (Wildman–Crippen MR) is 328 cm³/mol. The minimum atomic E-state index is -3.11. The zero-order valence-electron chi connectivity index (χ0n) is 50.6. The lowest BCUT2D eigenvalue weighted by molar-refractivity contribution is -0.379. The number of aldehydes is 1. The number of ketones is 2. The Morgan fingerprint density at radius 2 is 1.74 bits per heavy atom. The molecule has 0 amide bonds. The van der Waals surface area contributed by atoms with E-state index in [1.54, 1.807) is 24.3 Å². The van der Waals surface area contributed by atoms with Gasteiger partial charge in [0.05, 0.1) is 48.7 Å². The van der Waals surface area contributed by atoms with Gasteiger partial charge in [-0.3, -0.25) is 19.2 Å². The number of aliphatic imine (C=N–C) groups is 1. The minimum Gasteiger partial charge on any atom is -0.507 e. The van der Waals surface area contributed by atoms with Gasteiger partial charge in [-0.2, -0.15) is 0 Å². The SMILES string of the molecule is CNCC1CC2CCC3CC2C(O)(C1)c1c3ccc(Cc2c(O)c3c4c(c2OC2OC(C)C(O)C(O)(O)C2OCC2CC5(CCCCC5)NC(N)=N2)CC#CC(N)CCC(O)Cc2cccc(c2)C=Cc2c(OC(C)=O)cc(CO)c(c2C4=O)C3=O)c1C=O. The molecule has 4 fully saturated rings. The third-order valence-corrected chi connectivity index (χ3v) is 20.4. The zero-order valence-corrected chi connectivity index (χ0v) is 50.6. The van der Waals surface area contributed by atoms with Crippen LogP contribution in [0.1, 0.15) is 196 Å². The first-order valence-electron chi connectivity index (χ1n) is 31.5. The molecule has 4 aromatic carbocycles. The third-order valence-electron chi connectivity index (χ3n) is 20.4. The van der Waals surface area contributed by atoms with Crippen molar-refractivity contribution in [2.75, 3.05) is 20.2 Å². The number of nitrogens with zero attached hydrogens (tertiary/aromatic N) is 1. The summed E-state index contributed by atoms with van der Waals surface area (Å²) in [6.45, 7) is 2.11.